The number of carboxylic acids is 1. The number of aliphatic carboxylic acids is 1. The van der Waals surface area contributed by atoms with Gasteiger partial charge >= 0.3 is 5.97 Å². The maximum Gasteiger partial charge on any atom is 0.323 e. The zero-order valence-electron chi connectivity index (χ0n) is 15.0. The summed E-state index contributed by atoms with van der Waals surface area (Å²) in [7, 11) is 1.61. The zero-order valence-corrected chi connectivity index (χ0v) is 15.0. The van der Waals surface area contributed by atoms with Gasteiger partial charge in [0.05, 0.1) is 19.3 Å². The summed E-state index contributed by atoms with van der Waals surface area (Å²) in [6.45, 7) is 2.66. The zero-order chi connectivity index (χ0) is 19.1. The molecule has 0 radical (unpaired) electrons. The van der Waals surface area contributed by atoms with Gasteiger partial charge < -0.3 is 24.4 Å². The summed E-state index contributed by atoms with van der Waals surface area (Å²) in [5.41, 5.74) is 1.55. The lowest BCUT2D eigenvalue weighted by Crippen LogP contribution is -2.51. The molecule has 1 saturated heterocycles. The molecule has 1 aromatic carbocycles. The van der Waals surface area contributed by atoms with Gasteiger partial charge in [0, 0.05) is 39.2 Å². The fourth-order valence-electron chi connectivity index (χ4n) is 2.82. The van der Waals surface area contributed by atoms with Crippen molar-refractivity contribution in [2.75, 3.05) is 39.9 Å². The number of nitrogens with zero attached hydrogens (tertiary/aromatic N) is 2. The summed E-state index contributed by atoms with van der Waals surface area (Å²) in [6, 6.07) is 7.21. The van der Waals surface area contributed by atoms with E-state index < -0.39 is 12.1 Å². The number of morpholine rings is 1. The lowest BCUT2D eigenvalue weighted by Gasteiger charge is -2.35. The minimum absolute atomic E-state index is 0.116. The number of methoxy groups -OCH3 is 1. The van der Waals surface area contributed by atoms with Gasteiger partial charge in [0.1, 0.15) is 6.54 Å². The molecule has 142 valence electrons. The number of amides is 2. The second-order valence-electron chi connectivity index (χ2n) is 6.17. The van der Waals surface area contributed by atoms with Crippen LogP contribution in [0.4, 0.5) is 0 Å². The number of carbonyl (C=O) groups is 3. The number of benzene rings is 1. The highest BCUT2D eigenvalue weighted by Crippen LogP contribution is 2.13. The molecule has 1 aliphatic heterocycles. The lowest BCUT2D eigenvalue weighted by molar-refractivity contribution is -0.145. The molecule has 8 heteroatoms. The van der Waals surface area contributed by atoms with E-state index in [2.05, 4.69) is 0 Å². The van der Waals surface area contributed by atoms with Gasteiger partial charge in [-0.3, -0.25) is 14.4 Å². The summed E-state index contributed by atoms with van der Waals surface area (Å²) in [4.78, 5) is 38.0. The molecule has 0 bridgehead atoms. The van der Waals surface area contributed by atoms with E-state index in [1.54, 1.807) is 24.1 Å². The van der Waals surface area contributed by atoms with E-state index >= 15 is 0 Å². The van der Waals surface area contributed by atoms with Crippen LogP contribution in [0.5, 0.6) is 0 Å². The van der Waals surface area contributed by atoms with Gasteiger partial charge in [0.2, 0.25) is 5.91 Å². The molecule has 0 saturated carbocycles. The highest BCUT2D eigenvalue weighted by Gasteiger charge is 2.27. The van der Waals surface area contributed by atoms with Gasteiger partial charge in [-0.2, -0.15) is 0 Å². The van der Waals surface area contributed by atoms with Crippen LogP contribution in [-0.2, 0) is 25.7 Å². The van der Waals surface area contributed by atoms with E-state index in [1.807, 2.05) is 12.1 Å². The average Bonchev–Trinajstić information content (AvgIpc) is 2.61. The number of rotatable bonds is 7. The van der Waals surface area contributed by atoms with Gasteiger partial charge in [0.25, 0.3) is 5.91 Å². The van der Waals surface area contributed by atoms with E-state index in [1.165, 1.54) is 11.8 Å². The van der Waals surface area contributed by atoms with E-state index in [9.17, 15) is 14.4 Å². The first kappa shape index (κ1) is 19.9. The number of hydrogen-bond donors (Lipinski definition) is 1. The Morgan fingerprint density at radius 2 is 2.00 bits per heavy atom. The monoisotopic (exact) mass is 364 g/mol. The van der Waals surface area contributed by atoms with Crippen molar-refractivity contribution in [3.8, 4) is 0 Å². The molecule has 0 spiro atoms. The molecule has 1 heterocycles. The summed E-state index contributed by atoms with van der Waals surface area (Å²) in [5, 5.41) is 8.90. The first-order valence-electron chi connectivity index (χ1n) is 8.36. The minimum Gasteiger partial charge on any atom is -0.480 e. The van der Waals surface area contributed by atoms with Crippen LogP contribution in [0, 0.1) is 0 Å². The van der Waals surface area contributed by atoms with Crippen LogP contribution in [0.25, 0.3) is 0 Å². The molecule has 1 unspecified atom stereocenters. The lowest BCUT2D eigenvalue weighted by atomic mass is 10.1. The summed E-state index contributed by atoms with van der Waals surface area (Å²) in [5.74, 6) is -1.54. The largest absolute Gasteiger partial charge is 0.480 e. The summed E-state index contributed by atoms with van der Waals surface area (Å²) >= 11 is 0. The molecule has 1 N–H and O–H groups in total. The van der Waals surface area contributed by atoms with Gasteiger partial charge in [-0.15, -0.1) is 0 Å². The molecular weight excluding hydrogens is 340 g/mol. The summed E-state index contributed by atoms with van der Waals surface area (Å²) < 4.78 is 10.7. The Labute approximate surface area is 152 Å². The molecular formula is C18H24N2O6. The fraction of sp³-hybridized carbons (Fsp3) is 0.500. The molecule has 1 aliphatic rings. The molecule has 0 aliphatic carbocycles. The van der Waals surface area contributed by atoms with Gasteiger partial charge in [-0.1, -0.05) is 12.1 Å². The van der Waals surface area contributed by atoms with Crippen molar-refractivity contribution in [3.63, 3.8) is 0 Å². The Morgan fingerprint density at radius 3 is 2.58 bits per heavy atom. The predicted molar refractivity (Wildman–Crippen MR) is 92.7 cm³/mol. The standard InChI is InChI=1S/C18H24N2O6/c1-13(21)20(11-17(22)23)10-16-9-19(7-8-26-16)18(24)15-5-3-14(4-6-15)12-25-2/h3-6,16H,7-12H2,1-2H3,(H,22,23). The number of carboxylic acid groups (broad SMARTS) is 1. The minimum atomic E-state index is -1.08. The molecule has 0 aromatic heterocycles. The quantitative estimate of drug-likeness (QED) is 0.761. The van der Waals surface area contributed by atoms with Crippen molar-refractivity contribution < 1.29 is 29.0 Å². The van der Waals surface area contributed by atoms with Crippen LogP contribution in [0.3, 0.4) is 0 Å². The third-order valence-electron chi connectivity index (χ3n) is 4.13. The fourth-order valence-corrected chi connectivity index (χ4v) is 2.82. The van der Waals surface area contributed by atoms with Crippen LogP contribution >= 0.6 is 0 Å². The normalized spacial score (nSPS) is 17.0. The number of ether oxygens (including phenoxy) is 2. The summed E-state index contributed by atoms with van der Waals surface area (Å²) in [6.07, 6.45) is -0.413. The highest BCUT2D eigenvalue weighted by atomic mass is 16.5. The second kappa shape index (κ2) is 9.30. The van der Waals surface area contributed by atoms with Crippen molar-refractivity contribution in [2.45, 2.75) is 19.6 Å². The Balaban J connectivity index is 1.99. The predicted octanol–water partition coefficient (Wildman–Crippen LogP) is 0.607. The number of carbonyl (C=O) groups excluding carboxylic acids is 2. The second-order valence-corrected chi connectivity index (χ2v) is 6.17. The SMILES string of the molecule is COCc1ccc(C(=O)N2CCOC(CN(CC(=O)O)C(C)=O)C2)cc1. The van der Waals surface area contributed by atoms with Gasteiger partial charge in [-0.05, 0) is 17.7 Å². The first-order chi connectivity index (χ1) is 12.4. The molecule has 8 nitrogen and oxygen atoms in total. The van der Waals surface area contributed by atoms with Crippen LogP contribution in [0.1, 0.15) is 22.8 Å². The van der Waals surface area contributed by atoms with Crippen molar-refractivity contribution in [2.24, 2.45) is 0 Å². The Morgan fingerprint density at radius 1 is 1.31 bits per heavy atom. The van der Waals surface area contributed by atoms with Crippen molar-refractivity contribution in [1.29, 1.82) is 0 Å². The average molecular weight is 364 g/mol. The molecule has 26 heavy (non-hydrogen) atoms. The first-order valence-corrected chi connectivity index (χ1v) is 8.36. The Bertz CT molecular complexity index is 646. The topological polar surface area (TPSA) is 96.4 Å². The Hall–Kier alpha value is -2.45. The van der Waals surface area contributed by atoms with Crippen LogP contribution in [-0.4, -0.2) is 78.7 Å². The van der Waals surface area contributed by atoms with Crippen LogP contribution in [0.2, 0.25) is 0 Å². The molecule has 2 amide bonds. The van der Waals surface area contributed by atoms with E-state index in [0.29, 0.717) is 31.9 Å². The van der Waals surface area contributed by atoms with E-state index in [4.69, 9.17) is 14.6 Å². The molecule has 2 rings (SSSR count). The molecule has 1 aromatic rings. The maximum absolute atomic E-state index is 12.7. The van der Waals surface area contributed by atoms with Gasteiger partial charge in [0.15, 0.2) is 0 Å². The van der Waals surface area contributed by atoms with E-state index in [0.717, 1.165) is 5.56 Å². The van der Waals surface area contributed by atoms with Crippen molar-refractivity contribution in [3.05, 3.63) is 35.4 Å². The van der Waals surface area contributed by atoms with Gasteiger partial charge in [-0.25, -0.2) is 0 Å². The van der Waals surface area contributed by atoms with Crippen molar-refractivity contribution in [1.82, 2.24) is 9.80 Å². The smallest absolute Gasteiger partial charge is 0.323 e. The van der Waals surface area contributed by atoms with Crippen molar-refractivity contribution >= 4 is 17.8 Å². The molecule has 1 atom stereocenters. The van der Waals surface area contributed by atoms with Crippen LogP contribution < -0.4 is 0 Å². The number of hydrogen-bond acceptors (Lipinski definition) is 5. The Kier molecular flexibility index (Phi) is 7.11. The maximum atomic E-state index is 12.7. The molecule has 1 fully saturated rings. The third-order valence-corrected chi connectivity index (χ3v) is 4.13. The van der Waals surface area contributed by atoms with Crippen LogP contribution in [0.15, 0.2) is 24.3 Å². The highest BCUT2D eigenvalue weighted by molar-refractivity contribution is 5.94. The third kappa shape index (κ3) is 5.53. The van der Waals surface area contributed by atoms with E-state index in [-0.39, 0.29) is 24.9 Å².